The summed E-state index contributed by atoms with van der Waals surface area (Å²) in [6.07, 6.45) is -5.73. The maximum Gasteiger partial charge on any atom is 0.421 e. The van der Waals surface area contributed by atoms with Gasteiger partial charge in [-0.15, -0.1) is 0 Å². The van der Waals surface area contributed by atoms with Crippen molar-refractivity contribution in [3.05, 3.63) is 58.6 Å². The van der Waals surface area contributed by atoms with Gasteiger partial charge in [-0.2, -0.15) is 29.5 Å². The first-order chi connectivity index (χ1) is 10.9. The first-order valence-electron chi connectivity index (χ1n) is 6.60. The molecule has 23 heavy (non-hydrogen) atoms. The van der Waals surface area contributed by atoms with Crippen LogP contribution < -0.4 is 0 Å². The van der Waals surface area contributed by atoms with Crippen molar-refractivity contribution in [3.63, 3.8) is 0 Å². The molecule has 0 aliphatic rings. The minimum absolute atomic E-state index is 0.193. The van der Waals surface area contributed by atoms with E-state index in [9.17, 15) is 18.3 Å². The van der Waals surface area contributed by atoms with Gasteiger partial charge < -0.3 is 9.63 Å². The minimum atomic E-state index is -4.88. The zero-order valence-electron chi connectivity index (χ0n) is 11.6. The van der Waals surface area contributed by atoms with Crippen LogP contribution in [0, 0.1) is 0 Å². The Bertz CT molecular complexity index is 772. The van der Waals surface area contributed by atoms with Crippen LogP contribution >= 0.6 is 11.3 Å². The van der Waals surface area contributed by atoms with Gasteiger partial charge in [0.25, 0.3) is 0 Å². The van der Waals surface area contributed by atoms with Crippen LogP contribution in [-0.4, -0.2) is 21.4 Å². The van der Waals surface area contributed by atoms with E-state index in [1.807, 2.05) is 0 Å². The van der Waals surface area contributed by atoms with Crippen LogP contribution in [0.1, 0.15) is 11.5 Å². The lowest BCUT2D eigenvalue weighted by molar-refractivity contribution is -0.267. The Morgan fingerprint density at radius 3 is 2.48 bits per heavy atom. The molecule has 0 spiro atoms. The molecule has 0 saturated carbocycles. The number of halogens is 3. The number of aromatic nitrogens is 2. The maximum atomic E-state index is 13.4. The summed E-state index contributed by atoms with van der Waals surface area (Å²) in [6.45, 7) is 0. The van der Waals surface area contributed by atoms with E-state index in [1.165, 1.54) is 35.6 Å². The highest BCUT2D eigenvalue weighted by Gasteiger charge is 2.55. The lowest BCUT2D eigenvalue weighted by atomic mass is 9.89. The molecule has 4 nitrogen and oxygen atoms in total. The quantitative estimate of drug-likeness (QED) is 0.785. The second-order valence-electron chi connectivity index (χ2n) is 4.92. The molecule has 2 heterocycles. The number of hydrogen-bond donors (Lipinski definition) is 1. The molecule has 0 unspecified atom stereocenters. The third-order valence-corrected chi connectivity index (χ3v) is 4.06. The maximum absolute atomic E-state index is 13.4. The van der Waals surface area contributed by atoms with E-state index in [2.05, 4.69) is 10.1 Å². The molecule has 120 valence electrons. The highest BCUT2D eigenvalue weighted by atomic mass is 32.1. The molecule has 0 saturated heterocycles. The number of nitrogens with zero attached hydrogens (tertiary/aromatic N) is 2. The van der Waals surface area contributed by atoms with Crippen molar-refractivity contribution in [2.45, 2.75) is 18.2 Å². The molecular formula is C15H11F3N2O2S. The van der Waals surface area contributed by atoms with E-state index in [0.717, 1.165) is 0 Å². The van der Waals surface area contributed by atoms with Crippen molar-refractivity contribution in [1.82, 2.24) is 10.1 Å². The van der Waals surface area contributed by atoms with Crippen LogP contribution in [0.15, 0.2) is 51.7 Å². The molecule has 1 atom stereocenters. The van der Waals surface area contributed by atoms with Crippen molar-refractivity contribution in [2.24, 2.45) is 0 Å². The monoisotopic (exact) mass is 340 g/mol. The fourth-order valence-corrected chi connectivity index (χ4v) is 2.77. The van der Waals surface area contributed by atoms with Gasteiger partial charge in [-0.1, -0.05) is 35.5 Å². The molecule has 0 amide bonds. The molecule has 0 fully saturated rings. The first-order valence-corrected chi connectivity index (χ1v) is 7.54. The van der Waals surface area contributed by atoms with E-state index < -0.39 is 18.2 Å². The van der Waals surface area contributed by atoms with Gasteiger partial charge in [0.2, 0.25) is 11.7 Å². The molecule has 0 radical (unpaired) electrons. The van der Waals surface area contributed by atoms with E-state index in [0.29, 0.717) is 5.56 Å². The molecular weight excluding hydrogens is 329 g/mol. The van der Waals surface area contributed by atoms with Gasteiger partial charge in [0.05, 0.1) is 6.42 Å². The lowest BCUT2D eigenvalue weighted by Gasteiger charge is -2.29. The van der Waals surface area contributed by atoms with Gasteiger partial charge in [-0.05, 0) is 17.0 Å². The van der Waals surface area contributed by atoms with Crippen LogP contribution in [0.3, 0.4) is 0 Å². The molecule has 1 N–H and O–H groups in total. The molecule has 0 aliphatic carbocycles. The number of rotatable bonds is 4. The van der Waals surface area contributed by atoms with Gasteiger partial charge in [-0.3, -0.25) is 0 Å². The first kappa shape index (κ1) is 15.7. The summed E-state index contributed by atoms with van der Waals surface area (Å²) in [5.41, 5.74) is -2.71. The smallest absolute Gasteiger partial charge is 0.376 e. The van der Waals surface area contributed by atoms with E-state index in [1.54, 1.807) is 22.9 Å². The van der Waals surface area contributed by atoms with E-state index in [-0.39, 0.29) is 17.3 Å². The van der Waals surface area contributed by atoms with Gasteiger partial charge >= 0.3 is 6.18 Å². The highest BCUT2D eigenvalue weighted by Crippen LogP contribution is 2.41. The Hall–Kier alpha value is -2.19. The Kier molecular flexibility index (Phi) is 3.95. The zero-order valence-corrected chi connectivity index (χ0v) is 12.4. The number of alkyl halides is 3. The lowest BCUT2D eigenvalue weighted by Crippen LogP contribution is -2.44. The largest absolute Gasteiger partial charge is 0.421 e. The van der Waals surface area contributed by atoms with Crippen LogP contribution in [0.5, 0.6) is 0 Å². The van der Waals surface area contributed by atoms with Gasteiger partial charge in [0, 0.05) is 10.9 Å². The highest BCUT2D eigenvalue weighted by molar-refractivity contribution is 7.08. The number of benzene rings is 1. The number of hydrogen-bond acceptors (Lipinski definition) is 5. The normalized spacial score (nSPS) is 14.6. The summed E-state index contributed by atoms with van der Waals surface area (Å²) < 4.78 is 45.1. The molecule has 2 aromatic heterocycles. The van der Waals surface area contributed by atoms with E-state index in [4.69, 9.17) is 4.52 Å². The number of thiophene rings is 1. The minimum Gasteiger partial charge on any atom is -0.376 e. The standard InChI is InChI=1S/C15H11F3N2O2S/c16-15(17,18)14(21,11-4-2-1-3-5-11)8-12-19-13(20-22-12)10-6-7-23-9-10/h1-7,9,21H,8H2/t14-/m1/s1. The third-order valence-electron chi connectivity index (χ3n) is 3.37. The average molecular weight is 340 g/mol. The summed E-state index contributed by atoms with van der Waals surface area (Å²) in [5.74, 6) is -0.0892. The summed E-state index contributed by atoms with van der Waals surface area (Å²) in [4.78, 5) is 3.95. The Labute approximate surface area is 133 Å². The van der Waals surface area contributed by atoms with Crippen molar-refractivity contribution in [3.8, 4) is 11.4 Å². The van der Waals surface area contributed by atoms with Crippen LogP contribution in [0.25, 0.3) is 11.4 Å². The van der Waals surface area contributed by atoms with Crippen molar-refractivity contribution in [2.75, 3.05) is 0 Å². The Morgan fingerprint density at radius 1 is 1.13 bits per heavy atom. The summed E-state index contributed by atoms with van der Waals surface area (Å²) in [7, 11) is 0. The van der Waals surface area contributed by atoms with Crippen LogP contribution in [0.2, 0.25) is 0 Å². The summed E-state index contributed by atoms with van der Waals surface area (Å²) >= 11 is 1.41. The fourth-order valence-electron chi connectivity index (χ4n) is 2.13. The van der Waals surface area contributed by atoms with Gasteiger partial charge in [0.15, 0.2) is 5.60 Å². The van der Waals surface area contributed by atoms with Crippen LogP contribution in [-0.2, 0) is 12.0 Å². The van der Waals surface area contributed by atoms with Gasteiger partial charge in [-0.25, -0.2) is 0 Å². The molecule has 0 aliphatic heterocycles. The predicted octanol–water partition coefficient (Wildman–Crippen LogP) is 3.79. The predicted molar refractivity (Wildman–Crippen MR) is 77.7 cm³/mol. The molecule has 3 aromatic rings. The molecule has 8 heteroatoms. The zero-order chi connectivity index (χ0) is 16.5. The van der Waals surface area contributed by atoms with Crippen LogP contribution in [0.4, 0.5) is 13.2 Å². The Morgan fingerprint density at radius 2 is 1.87 bits per heavy atom. The third kappa shape index (κ3) is 2.99. The SMILES string of the molecule is O[C@](Cc1nc(-c2ccsc2)no1)(c1ccccc1)C(F)(F)F. The van der Waals surface area contributed by atoms with Crippen molar-refractivity contribution in [1.29, 1.82) is 0 Å². The average Bonchev–Trinajstić information content (AvgIpc) is 3.17. The summed E-state index contributed by atoms with van der Waals surface area (Å²) in [6, 6.07) is 8.58. The molecule has 0 bridgehead atoms. The second kappa shape index (κ2) is 5.78. The number of aliphatic hydroxyl groups is 1. The molecule has 3 rings (SSSR count). The fraction of sp³-hybridized carbons (Fsp3) is 0.200. The Balaban J connectivity index is 1.94. The van der Waals surface area contributed by atoms with Crippen molar-refractivity contribution >= 4 is 11.3 Å². The van der Waals surface area contributed by atoms with Crippen molar-refractivity contribution < 1.29 is 22.8 Å². The topological polar surface area (TPSA) is 59.2 Å². The summed E-state index contributed by atoms with van der Waals surface area (Å²) in [5, 5.41) is 17.5. The second-order valence-corrected chi connectivity index (χ2v) is 5.70. The van der Waals surface area contributed by atoms with E-state index >= 15 is 0 Å². The molecule has 1 aromatic carbocycles. The van der Waals surface area contributed by atoms with Gasteiger partial charge in [0.1, 0.15) is 0 Å².